The number of halogens is 3. The van der Waals surface area contributed by atoms with E-state index in [1.807, 2.05) is 37.3 Å². The van der Waals surface area contributed by atoms with Gasteiger partial charge < -0.3 is 14.8 Å². The molecule has 0 saturated carbocycles. The van der Waals surface area contributed by atoms with Crippen molar-refractivity contribution in [1.82, 2.24) is 0 Å². The molecule has 3 rings (SSSR count). The molecule has 0 bridgehead atoms. The SMILES string of the molecule is CCOc1cc(CNc2ccc(Br)c(Cl)c2)cc(Br)c1OCc1ccc(C)cc1. The average Bonchev–Trinajstić information content (AvgIpc) is 2.70. The minimum atomic E-state index is 0.480. The summed E-state index contributed by atoms with van der Waals surface area (Å²) in [6.45, 7) is 5.71. The number of benzene rings is 3. The van der Waals surface area contributed by atoms with Gasteiger partial charge in [0.1, 0.15) is 6.61 Å². The lowest BCUT2D eigenvalue weighted by molar-refractivity contribution is 0.267. The molecule has 0 saturated heterocycles. The molecule has 0 aliphatic rings. The molecule has 0 aliphatic heterocycles. The highest BCUT2D eigenvalue weighted by Crippen LogP contribution is 2.38. The largest absolute Gasteiger partial charge is 0.490 e. The lowest BCUT2D eigenvalue weighted by Gasteiger charge is -2.16. The third kappa shape index (κ3) is 6.14. The Morgan fingerprint density at radius 2 is 1.66 bits per heavy atom. The molecule has 0 aromatic heterocycles. The summed E-state index contributed by atoms with van der Waals surface area (Å²) in [4.78, 5) is 0. The summed E-state index contributed by atoms with van der Waals surface area (Å²) in [6.07, 6.45) is 0. The van der Waals surface area contributed by atoms with E-state index in [-0.39, 0.29) is 0 Å². The first-order valence-corrected chi connectivity index (χ1v) is 11.2. The van der Waals surface area contributed by atoms with Crippen molar-refractivity contribution in [3.8, 4) is 11.5 Å². The van der Waals surface area contributed by atoms with E-state index >= 15 is 0 Å². The first kappa shape index (κ1) is 22.0. The Kier molecular flexibility index (Phi) is 7.87. The van der Waals surface area contributed by atoms with Gasteiger partial charge >= 0.3 is 0 Å². The molecule has 3 aromatic rings. The summed E-state index contributed by atoms with van der Waals surface area (Å²) >= 11 is 13.2. The number of hydrogen-bond acceptors (Lipinski definition) is 3. The molecule has 0 fully saturated rings. The minimum absolute atomic E-state index is 0.480. The summed E-state index contributed by atoms with van der Waals surface area (Å²) < 4.78 is 13.7. The van der Waals surface area contributed by atoms with E-state index in [9.17, 15) is 0 Å². The van der Waals surface area contributed by atoms with E-state index in [0.717, 1.165) is 31.5 Å². The summed E-state index contributed by atoms with van der Waals surface area (Å²) in [5.41, 5.74) is 4.37. The zero-order valence-corrected chi connectivity index (χ0v) is 20.2. The second kappa shape index (κ2) is 10.4. The molecule has 0 unspecified atom stereocenters. The fourth-order valence-corrected chi connectivity index (χ4v) is 3.81. The number of nitrogens with one attached hydrogen (secondary N) is 1. The van der Waals surface area contributed by atoms with E-state index < -0.39 is 0 Å². The monoisotopic (exact) mass is 537 g/mol. The molecule has 3 nitrogen and oxygen atoms in total. The molecule has 0 radical (unpaired) electrons. The molecule has 0 spiro atoms. The van der Waals surface area contributed by atoms with Gasteiger partial charge in [-0.1, -0.05) is 41.4 Å². The van der Waals surface area contributed by atoms with Crippen LogP contribution in [0, 0.1) is 6.92 Å². The van der Waals surface area contributed by atoms with E-state index in [1.165, 1.54) is 5.56 Å². The van der Waals surface area contributed by atoms with Crippen LogP contribution in [0.3, 0.4) is 0 Å². The van der Waals surface area contributed by atoms with Gasteiger partial charge in [-0.2, -0.15) is 0 Å². The number of ether oxygens (including phenoxy) is 2. The third-order valence-corrected chi connectivity index (χ3v) is 6.11. The molecule has 6 heteroatoms. The Labute approximate surface area is 193 Å². The Morgan fingerprint density at radius 3 is 2.34 bits per heavy atom. The number of hydrogen-bond donors (Lipinski definition) is 1. The van der Waals surface area contributed by atoms with Crippen molar-refractivity contribution >= 4 is 49.1 Å². The predicted octanol–water partition coefficient (Wildman–Crippen LogP) is 7.76. The first-order chi connectivity index (χ1) is 14.0. The lowest BCUT2D eigenvalue weighted by Crippen LogP contribution is -2.04. The van der Waals surface area contributed by atoms with Gasteiger partial charge in [0.15, 0.2) is 11.5 Å². The van der Waals surface area contributed by atoms with Gasteiger partial charge in [0.05, 0.1) is 16.1 Å². The zero-order valence-electron chi connectivity index (χ0n) is 16.3. The summed E-state index contributed by atoms with van der Waals surface area (Å²) in [5, 5.41) is 4.06. The molecule has 152 valence electrons. The first-order valence-electron chi connectivity index (χ1n) is 9.28. The predicted molar refractivity (Wildman–Crippen MR) is 127 cm³/mol. The van der Waals surface area contributed by atoms with Gasteiger partial charge in [-0.25, -0.2) is 0 Å². The van der Waals surface area contributed by atoms with Gasteiger partial charge in [-0.05, 0) is 87.2 Å². The quantitative estimate of drug-likeness (QED) is 0.317. The molecule has 0 amide bonds. The van der Waals surface area contributed by atoms with Crippen molar-refractivity contribution in [2.45, 2.75) is 27.0 Å². The maximum absolute atomic E-state index is 6.17. The molecular weight excluding hydrogens is 518 g/mol. The Balaban J connectivity index is 1.74. The highest BCUT2D eigenvalue weighted by atomic mass is 79.9. The van der Waals surface area contributed by atoms with Gasteiger partial charge in [-0.3, -0.25) is 0 Å². The molecule has 1 N–H and O–H groups in total. The molecule has 3 aromatic carbocycles. The van der Waals surface area contributed by atoms with Crippen LogP contribution in [-0.4, -0.2) is 6.61 Å². The van der Waals surface area contributed by atoms with Crippen molar-refractivity contribution in [1.29, 1.82) is 0 Å². The molecule has 0 atom stereocenters. The lowest BCUT2D eigenvalue weighted by atomic mass is 10.1. The smallest absolute Gasteiger partial charge is 0.175 e. The van der Waals surface area contributed by atoms with Gasteiger partial charge in [-0.15, -0.1) is 0 Å². The highest BCUT2D eigenvalue weighted by Gasteiger charge is 2.13. The molecule has 0 heterocycles. The molecule has 0 aliphatic carbocycles. The van der Waals surface area contributed by atoms with Crippen molar-refractivity contribution < 1.29 is 9.47 Å². The summed E-state index contributed by atoms with van der Waals surface area (Å²) in [6, 6.07) is 18.2. The summed E-state index contributed by atoms with van der Waals surface area (Å²) in [5.74, 6) is 1.43. The number of anilines is 1. The van der Waals surface area contributed by atoms with E-state index in [1.54, 1.807) is 0 Å². The van der Waals surface area contributed by atoms with Gasteiger partial charge in [0.25, 0.3) is 0 Å². The average molecular weight is 540 g/mol. The van der Waals surface area contributed by atoms with Crippen LogP contribution in [0.25, 0.3) is 0 Å². The summed E-state index contributed by atoms with van der Waals surface area (Å²) in [7, 11) is 0. The Hall–Kier alpha value is -1.69. The Bertz CT molecular complexity index is 977. The maximum atomic E-state index is 6.17. The Morgan fingerprint density at radius 1 is 0.897 bits per heavy atom. The van der Waals surface area contributed by atoms with Crippen molar-refractivity contribution in [3.63, 3.8) is 0 Å². The van der Waals surface area contributed by atoms with E-state index in [0.29, 0.717) is 30.5 Å². The normalized spacial score (nSPS) is 10.7. The van der Waals surface area contributed by atoms with Crippen LogP contribution in [-0.2, 0) is 13.2 Å². The molecular formula is C23H22Br2ClNO2. The van der Waals surface area contributed by atoms with Crippen LogP contribution in [0.1, 0.15) is 23.6 Å². The third-order valence-electron chi connectivity index (χ3n) is 4.29. The van der Waals surface area contributed by atoms with Gasteiger partial charge in [0.2, 0.25) is 0 Å². The number of rotatable bonds is 8. The van der Waals surface area contributed by atoms with Crippen LogP contribution < -0.4 is 14.8 Å². The zero-order chi connectivity index (χ0) is 20.8. The second-order valence-electron chi connectivity index (χ2n) is 6.59. The van der Waals surface area contributed by atoms with Crippen LogP contribution in [0.15, 0.2) is 63.5 Å². The highest BCUT2D eigenvalue weighted by molar-refractivity contribution is 9.10. The van der Waals surface area contributed by atoms with Crippen molar-refractivity contribution in [2.24, 2.45) is 0 Å². The van der Waals surface area contributed by atoms with Crippen LogP contribution in [0.2, 0.25) is 5.02 Å². The van der Waals surface area contributed by atoms with Gasteiger partial charge in [0, 0.05) is 16.7 Å². The van der Waals surface area contributed by atoms with Crippen LogP contribution in [0.4, 0.5) is 5.69 Å². The molecule has 29 heavy (non-hydrogen) atoms. The fraction of sp³-hybridized carbons (Fsp3) is 0.217. The maximum Gasteiger partial charge on any atom is 0.175 e. The fourth-order valence-electron chi connectivity index (χ4n) is 2.78. The van der Waals surface area contributed by atoms with E-state index in [2.05, 4.69) is 68.4 Å². The van der Waals surface area contributed by atoms with Crippen molar-refractivity contribution in [3.05, 3.63) is 85.3 Å². The van der Waals surface area contributed by atoms with Crippen LogP contribution in [0.5, 0.6) is 11.5 Å². The standard InChI is InChI=1S/C23H22Br2ClNO2/c1-3-28-22-11-17(13-27-18-8-9-19(24)21(26)12-18)10-20(25)23(22)29-14-16-6-4-15(2)5-7-16/h4-12,27H,3,13-14H2,1-2H3. The van der Waals surface area contributed by atoms with E-state index in [4.69, 9.17) is 21.1 Å². The van der Waals surface area contributed by atoms with Crippen molar-refractivity contribution in [2.75, 3.05) is 11.9 Å². The second-order valence-corrected chi connectivity index (χ2v) is 8.71. The minimum Gasteiger partial charge on any atom is -0.490 e. The number of aryl methyl sites for hydroxylation is 1. The topological polar surface area (TPSA) is 30.5 Å². The van der Waals surface area contributed by atoms with Crippen LogP contribution >= 0.6 is 43.5 Å².